The molecular formula is C18H22ClNO. The summed E-state index contributed by atoms with van der Waals surface area (Å²) in [6, 6.07) is 15.0. The fourth-order valence-electron chi connectivity index (χ4n) is 2.36. The highest BCUT2D eigenvalue weighted by Crippen LogP contribution is 2.25. The molecule has 1 atom stereocenters. The molecule has 0 aliphatic carbocycles. The molecule has 0 aromatic heterocycles. The highest BCUT2D eigenvalue weighted by molar-refractivity contribution is 6.32. The molecule has 0 saturated carbocycles. The molecule has 2 rings (SSSR count). The van der Waals surface area contributed by atoms with E-state index in [1.54, 1.807) is 7.11 Å². The maximum atomic E-state index is 6.16. The molecule has 0 aliphatic rings. The van der Waals surface area contributed by atoms with E-state index in [9.17, 15) is 0 Å². The molecule has 0 heterocycles. The van der Waals surface area contributed by atoms with E-state index in [0.29, 0.717) is 16.8 Å². The largest absolute Gasteiger partial charge is 0.495 e. The summed E-state index contributed by atoms with van der Waals surface area (Å²) in [7, 11) is 1.63. The maximum absolute atomic E-state index is 6.16. The van der Waals surface area contributed by atoms with Crippen molar-refractivity contribution in [3.05, 3.63) is 64.2 Å². The molecule has 2 aromatic carbocycles. The summed E-state index contributed by atoms with van der Waals surface area (Å²) in [5.74, 6) is 0.714. The van der Waals surface area contributed by atoms with Crippen molar-refractivity contribution in [2.45, 2.75) is 32.9 Å². The van der Waals surface area contributed by atoms with Crippen molar-refractivity contribution in [3.8, 4) is 5.75 Å². The summed E-state index contributed by atoms with van der Waals surface area (Å²) in [6.45, 7) is 5.09. The Bertz CT molecular complexity index is 580. The van der Waals surface area contributed by atoms with Crippen molar-refractivity contribution >= 4 is 11.6 Å². The van der Waals surface area contributed by atoms with Gasteiger partial charge in [0.2, 0.25) is 0 Å². The zero-order valence-electron chi connectivity index (χ0n) is 12.8. The van der Waals surface area contributed by atoms with Crippen LogP contribution in [-0.4, -0.2) is 7.11 Å². The molecule has 0 bridgehead atoms. The van der Waals surface area contributed by atoms with Crippen LogP contribution in [0.15, 0.2) is 42.5 Å². The minimum Gasteiger partial charge on any atom is -0.495 e. The lowest BCUT2D eigenvalue weighted by Gasteiger charge is -2.18. The molecule has 112 valence electrons. The summed E-state index contributed by atoms with van der Waals surface area (Å²) in [4.78, 5) is 0. The predicted octanol–water partition coefficient (Wildman–Crippen LogP) is 4.90. The van der Waals surface area contributed by atoms with E-state index in [4.69, 9.17) is 16.3 Å². The smallest absolute Gasteiger partial charge is 0.137 e. The lowest BCUT2D eigenvalue weighted by atomic mass is 10.0. The Balaban J connectivity index is 2.03. The highest BCUT2D eigenvalue weighted by Gasteiger charge is 2.09. The number of halogens is 1. The van der Waals surface area contributed by atoms with Crippen molar-refractivity contribution in [2.24, 2.45) is 0 Å². The average molecular weight is 304 g/mol. The van der Waals surface area contributed by atoms with Gasteiger partial charge in [0.15, 0.2) is 0 Å². The molecule has 0 radical (unpaired) electrons. The van der Waals surface area contributed by atoms with E-state index in [0.717, 1.165) is 18.5 Å². The molecule has 21 heavy (non-hydrogen) atoms. The van der Waals surface area contributed by atoms with Gasteiger partial charge in [-0.1, -0.05) is 54.4 Å². The molecule has 2 nitrogen and oxygen atoms in total. The first-order valence-electron chi connectivity index (χ1n) is 7.26. The molecule has 0 saturated heterocycles. The number of hydrogen-bond donors (Lipinski definition) is 1. The van der Waals surface area contributed by atoms with E-state index < -0.39 is 0 Å². The molecule has 1 N–H and O–H groups in total. The van der Waals surface area contributed by atoms with E-state index in [-0.39, 0.29) is 0 Å². The van der Waals surface area contributed by atoms with Gasteiger partial charge < -0.3 is 10.1 Å². The van der Waals surface area contributed by atoms with Crippen LogP contribution in [0.4, 0.5) is 0 Å². The van der Waals surface area contributed by atoms with E-state index in [1.807, 2.05) is 18.2 Å². The van der Waals surface area contributed by atoms with Crippen LogP contribution in [0.25, 0.3) is 0 Å². The molecular weight excluding hydrogens is 282 g/mol. The molecule has 0 aliphatic heterocycles. The summed E-state index contributed by atoms with van der Waals surface area (Å²) >= 11 is 6.16. The number of methoxy groups -OCH3 is 1. The first-order chi connectivity index (χ1) is 10.1. The van der Waals surface area contributed by atoms with Gasteiger partial charge in [-0.3, -0.25) is 0 Å². The lowest BCUT2D eigenvalue weighted by Crippen LogP contribution is -2.20. The second-order valence-corrected chi connectivity index (χ2v) is 5.63. The normalized spacial score (nSPS) is 12.2. The second kappa shape index (κ2) is 7.48. The van der Waals surface area contributed by atoms with Gasteiger partial charge >= 0.3 is 0 Å². The minimum atomic E-state index is 0.353. The van der Waals surface area contributed by atoms with Gasteiger partial charge in [0.25, 0.3) is 0 Å². The number of rotatable bonds is 6. The first kappa shape index (κ1) is 15.9. The highest BCUT2D eigenvalue weighted by atomic mass is 35.5. The third kappa shape index (κ3) is 4.23. The monoisotopic (exact) mass is 303 g/mol. The van der Waals surface area contributed by atoms with Crippen molar-refractivity contribution in [1.82, 2.24) is 5.32 Å². The van der Waals surface area contributed by atoms with Crippen molar-refractivity contribution in [3.63, 3.8) is 0 Å². The third-order valence-electron chi connectivity index (χ3n) is 3.66. The van der Waals surface area contributed by atoms with Gasteiger partial charge in [0.05, 0.1) is 12.1 Å². The van der Waals surface area contributed by atoms with Crippen LogP contribution in [-0.2, 0) is 6.54 Å². The van der Waals surface area contributed by atoms with Crippen LogP contribution in [0.1, 0.15) is 36.1 Å². The summed E-state index contributed by atoms with van der Waals surface area (Å²) in [5, 5.41) is 4.24. The van der Waals surface area contributed by atoms with Gasteiger partial charge in [-0.15, -0.1) is 0 Å². The second-order valence-electron chi connectivity index (χ2n) is 5.22. The average Bonchev–Trinajstić information content (AvgIpc) is 2.49. The third-order valence-corrected chi connectivity index (χ3v) is 3.95. The Hall–Kier alpha value is -1.51. The zero-order chi connectivity index (χ0) is 15.2. The first-order valence-corrected chi connectivity index (χ1v) is 7.64. The van der Waals surface area contributed by atoms with Gasteiger partial charge in [0.1, 0.15) is 5.75 Å². The Morgan fingerprint density at radius 3 is 2.43 bits per heavy atom. The Labute approximate surface area is 132 Å². The van der Waals surface area contributed by atoms with Crippen molar-refractivity contribution in [2.75, 3.05) is 7.11 Å². The van der Waals surface area contributed by atoms with Crippen molar-refractivity contribution < 1.29 is 4.74 Å². The molecule has 2 aromatic rings. The molecule has 0 fully saturated rings. The molecule has 0 spiro atoms. The quantitative estimate of drug-likeness (QED) is 0.819. The summed E-state index contributed by atoms with van der Waals surface area (Å²) < 4.78 is 5.17. The van der Waals surface area contributed by atoms with Crippen LogP contribution < -0.4 is 10.1 Å². The van der Waals surface area contributed by atoms with Crippen LogP contribution in [0.3, 0.4) is 0 Å². The number of aryl methyl sites for hydroxylation is 1. The standard InChI is InChI=1S/C18H22ClNO/c1-4-17(15-8-5-13(2)6-9-15)20-12-14-7-10-18(21-3)16(19)11-14/h5-11,17,20H,4,12H2,1-3H3. The summed E-state index contributed by atoms with van der Waals surface area (Å²) in [5.41, 5.74) is 3.77. The van der Waals surface area contributed by atoms with E-state index in [1.165, 1.54) is 11.1 Å². The Morgan fingerprint density at radius 2 is 1.86 bits per heavy atom. The van der Waals surface area contributed by atoms with Gasteiger partial charge in [-0.25, -0.2) is 0 Å². The van der Waals surface area contributed by atoms with Crippen LogP contribution in [0.5, 0.6) is 5.75 Å². The fraction of sp³-hybridized carbons (Fsp3) is 0.333. The lowest BCUT2D eigenvalue weighted by molar-refractivity contribution is 0.414. The number of hydrogen-bond acceptors (Lipinski definition) is 2. The Morgan fingerprint density at radius 1 is 1.14 bits per heavy atom. The zero-order valence-corrected chi connectivity index (χ0v) is 13.6. The van der Waals surface area contributed by atoms with Gasteiger partial charge in [-0.05, 0) is 36.6 Å². The maximum Gasteiger partial charge on any atom is 0.137 e. The number of benzene rings is 2. The fourth-order valence-corrected chi connectivity index (χ4v) is 2.64. The van der Waals surface area contributed by atoms with E-state index >= 15 is 0 Å². The van der Waals surface area contributed by atoms with Gasteiger partial charge in [0, 0.05) is 12.6 Å². The van der Waals surface area contributed by atoms with Gasteiger partial charge in [-0.2, -0.15) is 0 Å². The van der Waals surface area contributed by atoms with Crippen LogP contribution in [0.2, 0.25) is 5.02 Å². The van der Waals surface area contributed by atoms with Crippen LogP contribution >= 0.6 is 11.6 Å². The molecule has 0 amide bonds. The van der Waals surface area contributed by atoms with Crippen LogP contribution in [0, 0.1) is 6.92 Å². The number of nitrogens with one attached hydrogen (secondary N) is 1. The topological polar surface area (TPSA) is 21.3 Å². The SMILES string of the molecule is CCC(NCc1ccc(OC)c(Cl)c1)c1ccc(C)cc1. The summed E-state index contributed by atoms with van der Waals surface area (Å²) in [6.07, 6.45) is 1.05. The Kier molecular flexibility index (Phi) is 5.66. The van der Waals surface area contributed by atoms with E-state index in [2.05, 4.69) is 43.4 Å². The predicted molar refractivity (Wildman–Crippen MR) is 89.1 cm³/mol. The number of ether oxygens (including phenoxy) is 1. The minimum absolute atomic E-state index is 0.353. The van der Waals surface area contributed by atoms with Crippen molar-refractivity contribution in [1.29, 1.82) is 0 Å². The molecule has 1 unspecified atom stereocenters. The molecule has 3 heteroatoms.